The van der Waals surface area contributed by atoms with Crippen LogP contribution in [0.2, 0.25) is 0 Å². The lowest BCUT2D eigenvalue weighted by atomic mass is 9.75. The molecule has 6 rings (SSSR count). The summed E-state index contributed by atoms with van der Waals surface area (Å²) in [6, 6.07) is 15.6. The topological polar surface area (TPSA) is 81.0 Å². The molecule has 3 aliphatic heterocycles. The molecule has 1 aromatic heterocycles. The number of nitrogens with one attached hydrogen (secondary N) is 1. The number of furan rings is 1. The van der Waals surface area contributed by atoms with Crippen LogP contribution in [-0.4, -0.2) is 38.2 Å². The van der Waals surface area contributed by atoms with E-state index in [1.54, 1.807) is 6.07 Å². The second kappa shape index (κ2) is 7.49. The molecule has 0 radical (unpaired) electrons. The van der Waals surface area contributed by atoms with Crippen LogP contribution in [0.25, 0.3) is 11.1 Å². The van der Waals surface area contributed by atoms with E-state index in [4.69, 9.17) is 13.9 Å². The minimum Gasteiger partial charge on any atom is -0.482 e. The van der Waals surface area contributed by atoms with Crippen LogP contribution in [0.3, 0.4) is 0 Å². The SMILES string of the molecule is Cc1ccc(C(=O)N2CC3(CCOCC3)c3cc(-c4ccc5c(c4)NC(=O)CO5)ccc32)o1. The van der Waals surface area contributed by atoms with E-state index in [0.29, 0.717) is 37.0 Å². The quantitative estimate of drug-likeness (QED) is 0.638. The van der Waals surface area contributed by atoms with Gasteiger partial charge in [-0.2, -0.15) is 0 Å². The van der Waals surface area contributed by atoms with E-state index in [-0.39, 0.29) is 23.8 Å². The Balaban J connectivity index is 1.42. The minimum absolute atomic E-state index is 0.0365. The molecule has 0 aliphatic carbocycles. The Bertz CT molecular complexity index is 1270. The minimum atomic E-state index is -0.155. The van der Waals surface area contributed by atoms with Crippen molar-refractivity contribution in [2.75, 3.05) is 36.6 Å². The van der Waals surface area contributed by atoms with Gasteiger partial charge in [-0.05, 0) is 72.9 Å². The van der Waals surface area contributed by atoms with Gasteiger partial charge in [-0.15, -0.1) is 0 Å². The molecule has 1 fully saturated rings. The Morgan fingerprint density at radius 2 is 1.82 bits per heavy atom. The van der Waals surface area contributed by atoms with Crippen molar-refractivity contribution >= 4 is 23.2 Å². The number of ether oxygens (including phenoxy) is 2. The molecule has 1 saturated heterocycles. The third-order valence-corrected chi connectivity index (χ3v) is 6.91. The summed E-state index contributed by atoms with van der Waals surface area (Å²) in [7, 11) is 0. The Morgan fingerprint density at radius 3 is 2.61 bits per heavy atom. The van der Waals surface area contributed by atoms with Crippen LogP contribution < -0.4 is 15.0 Å². The van der Waals surface area contributed by atoms with Gasteiger partial charge in [-0.3, -0.25) is 9.59 Å². The Morgan fingerprint density at radius 1 is 1.03 bits per heavy atom. The van der Waals surface area contributed by atoms with Crippen LogP contribution in [0.1, 0.15) is 34.7 Å². The lowest BCUT2D eigenvalue weighted by molar-refractivity contribution is -0.118. The highest BCUT2D eigenvalue weighted by atomic mass is 16.5. The number of benzene rings is 2. The average molecular weight is 444 g/mol. The maximum Gasteiger partial charge on any atom is 0.294 e. The van der Waals surface area contributed by atoms with Crippen molar-refractivity contribution in [3.8, 4) is 16.9 Å². The van der Waals surface area contributed by atoms with Gasteiger partial charge >= 0.3 is 0 Å². The number of hydrogen-bond donors (Lipinski definition) is 1. The molecule has 0 unspecified atom stereocenters. The van der Waals surface area contributed by atoms with Crippen LogP contribution >= 0.6 is 0 Å². The predicted octanol–water partition coefficient (Wildman–Crippen LogP) is 4.29. The van der Waals surface area contributed by atoms with Crippen LogP contribution in [0.5, 0.6) is 5.75 Å². The lowest BCUT2D eigenvalue weighted by Crippen LogP contribution is -2.40. The summed E-state index contributed by atoms with van der Waals surface area (Å²) in [6.45, 7) is 3.84. The average Bonchev–Trinajstić information content (AvgIpc) is 3.40. The molecular weight excluding hydrogens is 420 g/mol. The van der Waals surface area contributed by atoms with E-state index in [0.717, 1.165) is 41.0 Å². The number of hydrogen-bond acceptors (Lipinski definition) is 5. The van der Waals surface area contributed by atoms with Crippen molar-refractivity contribution in [2.24, 2.45) is 0 Å². The van der Waals surface area contributed by atoms with Gasteiger partial charge in [-0.25, -0.2) is 0 Å². The van der Waals surface area contributed by atoms with Gasteiger partial charge in [0.25, 0.3) is 11.8 Å². The van der Waals surface area contributed by atoms with Crippen LogP contribution in [0.15, 0.2) is 52.9 Å². The van der Waals surface area contributed by atoms with Gasteiger partial charge in [0.15, 0.2) is 12.4 Å². The van der Waals surface area contributed by atoms with E-state index < -0.39 is 0 Å². The zero-order valence-corrected chi connectivity index (χ0v) is 18.3. The smallest absolute Gasteiger partial charge is 0.294 e. The number of carbonyl (C=O) groups is 2. The number of anilines is 2. The third-order valence-electron chi connectivity index (χ3n) is 6.91. The third kappa shape index (κ3) is 3.31. The molecule has 7 heteroatoms. The molecule has 3 aromatic rings. The number of carbonyl (C=O) groups excluding carboxylic acids is 2. The molecule has 0 atom stereocenters. The predicted molar refractivity (Wildman–Crippen MR) is 123 cm³/mol. The van der Waals surface area contributed by atoms with E-state index >= 15 is 0 Å². The fraction of sp³-hybridized carbons (Fsp3) is 0.308. The zero-order chi connectivity index (χ0) is 22.6. The number of rotatable bonds is 2. The molecule has 3 aliphatic rings. The maximum atomic E-state index is 13.3. The molecular formula is C26H24N2O5. The van der Waals surface area contributed by atoms with Crippen LogP contribution in [-0.2, 0) is 14.9 Å². The largest absolute Gasteiger partial charge is 0.482 e. The molecule has 168 valence electrons. The molecule has 4 heterocycles. The Hall–Kier alpha value is -3.58. The fourth-order valence-corrected chi connectivity index (χ4v) is 5.16. The molecule has 2 amide bonds. The number of amides is 2. The van der Waals surface area contributed by atoms with E-state index in [2.05, 4.69) is 11.4 Å². The molecule has 33 heavy (non-hydrogen) atoms. The van der Waals surface area contributed by atoms with Crippen molar-refractivity contribution in [3.63, 3.8) is 0 Å². The van der Waals surface area contributed by atoms with E-state index in [1.165, 1.54) is 0 Å². The lowest BCUT2D eigenvalue weighted by Gasteiger charge is -2.34. The number of fused-ring (bicyclic) bond motifs is 3. The summed E-state index contributed by atoms with van der Waals surface area (Å²) in [6.07, 6.45) is 1.72. The van der Waals surface area contributed by atoms with Crippen molar-refractivity contribution in [2.45, 2.75) is 25.2 Å². The van der Waals surface area contributed by atoms with Crippen molar-refractivity contribution in [1.82, 2.24) is 0 Å². The first kappa shape index (κ1) is 20.1. The van der Waals surface area contributed by atoms with Crippen molar-refractivity contribution in [1.29, 1.82) is 0 Å². The summed E-state index contributed by atoms with van der Waals surface area (Å²) in [5.41, 5.74) is 4.63. The van der Waals surface area contributed by atoms with Gasteiger partial charge in [0.2, 0.25) is 0 Å². The van der Waals surface area contributed by atoms with E-state index in [1.807, 2.05) is 48.2 Å². The van der Waals surface area contributed by atoms with Crippen LogP contribution in [0.4, 0.5) is 11.4 Å². The first-order chi connectivity index (χ1) is 16.0. The highest BCUT2D eigenvalue weighted by Gasteiger charge is 2.46. The second-order valence-corrected chi connectivity index (χ2v) is 8.97. The first-order valence-electron chi connectivity index (χ1n) is 11.2. The second-order valence-electron chi connectivity index (χ2n) is 8.97. The molecule has 7 nitrogen and oxygen atoms in total. The summed E-state index contributed by atoms with van der Waals surface area (Å²) in [5.74, 6) is 1.48. The summed E-state index contributed by atoms with van der Waals surface area (Å²) in [4.78, 5) is 26.9. The molecule has 0 bridgehead atoms. The van der Waals surface area contributed by atoms with Crippen molar-refractivity contribution < 1.29 is 23.5 Å². The van der Waals surface area contributed by atoms with Gasteiger partial charge in [0.05, 0.1) is 5.69 Å². The normalized spacial score (nSPS) is 18.5. The molecule has 1 spiro atoms. The summed E-state index contributed by atoms with van der Waals surface area (Å²) >= 11 is 0. The highest BCUT2D eigenvalue weighted by molar-refractivity contribution is 6.06. The number of aryl methyl sites for hydroxylation is 1. The van der Waals surface area contributed by atoms with Crippen molar-refractivity contribution in [3.05, 3.63) is 65.6 Å². The maximum absolute atomic E-state index is 13.3. The van der Waals surface area contributed by atoms with Gasteiger partial charge in [0.1, 0.15) is 11.5 Å². The summed E-state index contributed by atoms with van der Waals surface area (Å²) < 4.78 is 16.8. The van der Waals surface area contributed by atoms with E-state index in [9.17, 15) is 9.59 Å². The van der Waals surface area contributed by atoms with Crippen LogP contribution in [0, 0.1) is 6.92 Å². The van der Waals surface area contributed by atoms with Gasteiger partial charge in [-0.1, -0.05) is 12.1 Å². The zero-order valence-electron chi connectivity index (χ0n) is 18.3. The molecule has 1 N–H and O–H groups in total. The monoisotopic (exact) mass is 444 g/mol. The molecule has 0 saturated carbocycles. The fourth-order valence-electron chi connectivity index (χ4n) is 5.16. The Kier molecular flexibility index (Phi) is 4.55. The number of nitrogens with zero attached hydrogens (tertiary/aromatic N) is 1. The standard InChI is InChI=1S/C26H24N2O5/c1-16-2-6-23(33-16)25(30)28-15-26(8-10-31-11-9-26)19-12-17(3-5-21(19)28)18-4-7-22-20(13-18)27-24(29)14-32-22/h2-7,12-13H,8-11,14-15H2,1H3,(H,27,29). The Labute approximate surface area is 191 Å². The van der Waals surface area contributed by atoms with Gasteiger partial charge < -0.3 is 24.1 Å². The van der Waals surface area contributed by atoms with Gasteiger partial charge in [0, 0.05) is 30.9 Å². The molecule has 2 aromatic carbocycles. The summed E-state index contributed by atoms with van der Waals surface area (Å²) in [5, 5.41) is 2.88. The highest BCUT2D eigenvalue weighted by Crippen LogP contribution is 2.48. The first-order valence-corrected chi connectivity index (χ1v) is 11.2.